The summed E-state index contributed by atoms with van der Waals surface area (Å²) in [6, 6.07) is 2.62. The summed E-state index contributed by atoms with van der Waals surface area (Å²) in [5.41, 5.74) is -0.144. The molecule has 2 N–H and O–H groups in total. The van der Waals surface area contributed by atoms with Crippen LogP contribution in [0.3, 0.4) is 0 Å². The molecule has 1 heterocycles. The number of hydrogen-bond donors (Lipinski definition) is 2. The largest absolute Gasteiger partial charge is 0.493 e. The van der Waals surface area contributed by atoms with Crippen molar-refractivity contribution in [1.82, 2.24) is 10.2 Å². The second-order valence-electron chi connectivity index (χ2n) is 23.9. The number of likely N-dealkylation sites (tertiary alicyclic amines) is 1. The minimum Gasteiger partial charge on any atom is -0.493 e. The van der Waals surface area contributed by atoms with Crippen LogP contribution in [0, 0.1) is 170 Å². The van der Waals surface area contributed by atoms with Gasteiger partial charge in [-0.3, -0.25) is 29.4 Å². The lowest BCUT2D eigenvalue weighted by Gasteiger charge is -2.99. The summed E-state index contributed by atoms with van der Waals surface area (Å²) in [5.74, 6) is 28.7. The van der Waals surface area contributed by atoms with Gasteiger partial charge in [0.1, 0.15) is 0 Å². The monoisotopic (exact) mass is 863 g/mol. The molecule has 14 fully saturated rings. The van der Waals surface area contributed by atoms with Crippen LogP contribution >= 0.6 is 11.8 Å². The highest BCUT2D eigenvalue weighted by molar-refractivity contribution is 8.01. The van der Waals surface area contributed by atoms with Crippen molar-refractivity contribution in [3.63, 3.8) is 0 Å². The minimum atomic E-state index is -1.06. The highest BCUT2D eigenvalue weighted by atomic mass is 32.2. The van der Waals surface area contributed by atoms with Crippen LogP contribution in [0.5, 0.6) is 11.5 Å². The van der Waals surface area contributed by atoms with Crippen LogP contribution in [0.4, 0.5) is 5.69 Å². The third kappa shape index (κ3) is 3.85. The Labute approximate surface area is 367 Å². The molecule has 13 aliphatic carbocycles. The van der Waals surface area contributed by atoms with E-state index in [4.69, 9.17) is 9.47 Å². The number of carbonyl (C=O) groups excluding carboxylic acids is 3. The average Bonchev–Trinajstić information content (AvgIpc) is 3.48. The van der Waals surface area contributed by atoms with Crippen LogP contribution < -0.4 is 14.8 Å². The smallest absolute Gasteiger partial charge is 0.279 e. The first-order valence-electron chi connectivity index (χ1n) is 24.9. The number of imide groups is 1. The third-order valence-electron chi connectivity index (χ3n) is 23.6. The molecule has 13 saturated carbocycles. The molecule has 15 rings (SSSR count). The Bertz CT molecular complexity index is 2270. The number of carbonyl (C=O) groups is 3. The van der Waals surface area contributed by atoms with Gasteiger partial charge in [0.15, 0.2) is 11.5 Å². The quantitative estimate of drug-likeness (QED) is 0.0798. The number of ether oxygens (including phenoxy) is 2. The average molecular weight is 864 g/mol. The number of aliphatic hydroxyl groups excluding tert-OH is 1. The zero-order valence-electron chi connectivity index (χ0n) is 36.3. The van der Waals surface area contributed by atoms with E-state index in [-0.39, 0.29) is 78.3 Å². The minimum absolute atomic E-state index is 0.0861. The standard InChI is InChI=1S/C50H61N3O8S/c1-14-15(2)26-25(14)28-29(26)32-31(28)34-35(32)38-37(34)40-41(38)43-42(40)39-36-33-30-27-16(3)49(48(27)47(30)46(33)45(36)44(39)43)62-22-13-24(56)52(50(22)57)9-8-51-23(55)7-6-10-61-21-12-19(53(58)59)18(17(4)54)11-20(21)60-5/h11-12,14-17,22,25-49,54H,6-10,13H2,1-5H3,(H,51,55). The Balaban J connectivity index is 0.524. The predicted octanol–water partition coefficient (Wildman–Crippen LogP) is 6.04. The molecule has 3 amide bonds. The van der Waals surface area contributed by atoms with E-state index in [1.165, 1.54) is 66.6 Å². The molecule has 0 aromatic heterocycles. The molecule has 330 valence electrons. The van der Waals surface area contributed by atoms with E-state index in [0.29, 0.717) is 17.6 Å². The second-order valence-corrected chi connectivity index (χ2v) is 25.3. The van der Waals surface area contributed by atoms with Crippen LogP contribution in [0.15, 0.2) is 12.1 Å². The van der Waals surface area contributed by atoms with Crippen molar-refractivity contribution in [2.75, 3.05) is 26.8 Å². The van der Waals surface area contributed by atoms with Crippen molar-refractivity contribution in [1.29, 1.82) is 0 Å². The molecule has 0 spiro atoms. The van der Waals surface area contributed by atoms with Crippen LogP contribution in [0.25, 0.3) is 0 Å². The van der Waals surface area contributed by atoms with Gasteiger partial charge in [0.05, 0.1) is 41.6 Å². The number of amides is 3. The number of fused-ring (bicyclic) bond motifs is 34. The third-order valence-corrected chi connectivity index (χ3v) is 25.4. The molecule has 12 heteroatoms. The van der Waals surface area contributed by atoms with E-state index in [9.17, 15) is 29.6 Å². The Hall–Kier alpha value is -2.86. The highest BCUT2D eigenvalue weighted by Crippen LogP contribution is 2.99. The fraction of sp³-hybridized carbons (Fsp3) is 0.820. The Morgan fingerprint density at radius 2 is 1.24 bits per heavy atom. The second kappa shape index (κ2) is 11.9. The van der Waals surface area contributed by atoms with Crippen molar-refractivity contribution >= 4 is 35.2 Å². The van der Waals surface area contributed by atoms with E-state index in [1.54, 1.807) is 0 Å². The van der Waals surface area contributed by atoms with Crippen molar-refractivity contribution < 1.29 is 33.9 Å². The van der Waals surface area contributed by atoms with Gasteiger partial charge in [0.2, 0.25) is 17.7 Å². The van der Waals surface area contributed by atoms with Gasteiger partial charge in [-0.1, -0.05) is 20.8 Å². The molecule has 30 unspecified atom stereocenters. The Morgan fingerprint density at radius 3 is 1.71 bits per heavy atom. The maximum atomic E-state index is 13.6. The van der Waals surface area contributed by atoms with E-state index in [2.05, 4.69) is 26.1 Å². The van der Waals surface area contributed by atoms with Gasteiger partial charge in [-0.05, 0) is 179 Å². The number of aliphatic hydroxyl groups is 1. The molecule has 11 nitrogen and oxygen atoms in total. The van der Waals surface area contributed by atoms with Crippen LogP contribution in [0.2, 0.25) is 0 Å². The first kappa shape index (κ1) is 37.4. The number of hydrogen-bond acceptors (Lipinski definition) is 9. The van der Waals surface area contributed by atoms with E-state index in [0.717, 1.165) is 118 Å². The van der Waals surface area contributed by atoms with E-state index < -0.39 is 11.0 Å². The summed E-state index contributed by atoms with van der Waals surface area (Å²) in [6.45, 7) is 9.53. The maximum Gasteiger partial charge on any atom is 0.279 e. The van der Waals surface area contributed by atoms with Crippen molar-refractivity contribution in [3.8, 4) is 11.5 Å². The number of rotatable bonds is 13. The van der Waals surface area contributed by atoms with Crippen molar-refractivity contribution in [2.45, 2.75) is 63.6 Å². The number of thioether (sulfide) groups is 1. The summed E-state index contributed by atoms with van der Waals surface area (Å²) in [5, 5.41) is 24.5. The van der Waals surface area contributed by atoms with Crippen LogP contribution in [0.1, 0.15) is 58.6 Å². The molecule has 14 aliphatic rings. The first-order valence-corrected chi connectivity index (χ1v) is 25.8. The van der Waals surface area contributed by atoms with Gasteiger partial charge in [-0.25, -0.2) is 0 Å². The SMILES string of the molecule is COc1cc(C(C)O)c([N+](=O)[O-])cc1OCCCC(=O)NCCN1C(=O)CC(SC2C(C)C3C2C2C3C3C2C2C3C3C2C2C4C5C6C7C8C9C(C)C(C)C9C8C7C6C5C4C32)C1=O. The molecule has 1 aliphatic heterocycles. The summed E-state index contributed by atoms with van der Waals surface area (Å²) < 4.78 is 11.0. The van der Waals surface area contributed by atoms with Gasteiger partial charge in [0, 0.05) is 31.2 Å². The number of nitrogens with zero attached hydrogens (tertiary/aromatic N) is 2. The number of nitro benzene ring substituents is 1. The molecular formula is C50H61N3O8S. The first-order chi connectivity index (χ1) is 30.0. The molecule has 0 bridgehead atoms. The van der Waals surface area contributed by atoms with Crippen molar-refractivity contribution in [2.24, 2.45) is 160 Å². The van der Waals surface area contributed by atoms with Crippen LogP contribution in [-0.2, 0) is 14.4 Å². The molecule has 1 aromatic carbocycles. The number of benzene rings is 1. The lowest BCUT2D eigenvalue weighted by Crippen LogP contribution is -2.96. The fourth-order valence-corrected chi connectivity index (χ4v) is 23.7. The molecule has 30 atom stereocenters. The zero-order valence-corrected chi connectivity index (χ0v) is 37.1. The lowest BCUT2D eigenvalue weighted by atomic mass is 9.05. The number of methoxy groups -OCH3 is 1. The van der Waals surface area contributed by atoms with Gasteiger partial charge in [-0.2, -0.15) is 0 Å². The highest BCUT2D eigenvalue weighted by Gasteiger charge is 2.96. The summed E-state index contributed by atoms with van der Waals surface area (Å²) in [4.78, 5) is 51.8. The molecule has 1 aromatic rings. The molecule has 62 heavy (non-hydrogen) atoms. The van der Waals surface area contributed by atoms with E-state index >= 15 is 0 Å². The summed E-state index contributed by atoms with van der Waals surface area (Å²) >= 11 is 1.82. The van der Waals surface area contributed by atoms with Crippen LogP contribution in [-0.4, -0.2) is 70.0 Å². The van der Waals surface area contributed by atoms with Gasteiger partial charge in [0.25, 0.3) is 5.69 Å². The van der Waals surface area contributed by atoms with Gasteiger partial charge in [-0.15, -0.1) is 11.8 Å². The van der Waals surface area contributed by atoms with E-state index in [1.807, 2.05) is 11.8 Å². The van der Waals surface area contributed by atoms with Crippen molar-refractivity contribution in [3.05, 3.63) is 27.8 Å². The summed E-state index contributed by atoms with van der Waals surface area (Å²) in [7, 11) is 1.41. The molecule has 0 radical (unpaired) electrons. The molecule has 1 saturated heterocycles. The topological polar surface area (TPSA) is 148 Å². The number of nitrogens with one attached hydrogen (secondary N) is 1. The van der Waals surface area contributed by atoms with Gasteiger partial charge < -0.3 is 19.9 Å². The predicted molar refractivity (Wildman–Crippen MR) is 226 cm³/mol. The Kier molecular flexibility index (Phi) is 7.19. The molecular weight excluding hydrogens is 803 g/mol. The maximum absolute atomic E-state index is 13.6. The zero-order chi connectivity index (χ0) is 42.0. The number of nitro groups is 1. The Morgan fingerprint density at radius 1 is 0.774 bits per heavy atom. The normalized spacial score (nSPS) is 57.5. The lowest BCUT2D eigenvalue weighted by molar-refractivity contribution is -0.525. The summed E-state index contributed by atoms with van der Waals surface area (Å²) in [6.07, 6.45) is -0.294. The fourth-order valence-electron chi connectivity index (χ4n) is 21.9. The van der Waals surface area contributed by atoms with Gasteiger partial charge >= 0.3 is 0 Å².